The number of hydrogen-bond donors (Lipinski definition) is 2. The van der Waals surface area contributed by atoms with E-state index in [4.69, 9.17) is 0 Å². The molecule has 6 heteroatoms. The van der Waals surface area contributed by atoms with Crippen molar-refractivity contribution in [3.8, 4) is 0 Å². The molecule has 26 heavy (non-hydrogen) atoms. The number of nitrogens with one attached hydrogen (secondary N) is 2. The zero-order valence-electron chi connectivity index (χ0n) is 15.8. The van der Waals surface area contributed by atoms with E-state index < -0.39 is 0 Å². The molecule has 1 aromatic rings. The quantitative estimate of drug-likeness (QED) is 0.814. The molecule has 3 rings (SSSR count). The van der Waals surface area contributed by atoms with Gasteiger partial charge in [-0.15, -0.1) is 0 Å². The first-order valence-corrected chi connectivity index (χ1v) is 9.62. The van der Waals surface area contributed by atoms with Gasteiger partial charge in [-0.1, -0.05) is 18.6 Å². The number of benzene rings is 1. The summed E-state index contributed by atoms with van der Waals surface area (Å²) in [6.07, 6.45) is 3.96. The van der Waals surface area contributed by atoms with Crippen molar-refractivity contribution in [1.29, 1.82) is 0 Å². The lowest BCUT2D eigenvalue weighted by Gasteiger charge is -2.49. The molecule has 2 N–H and O–H groups in total. The lowest BCUT2D eigenvalue weighted by Crippen LogP contribution is -2.63. The van der Waals surface area contributed by atoms with Gasteiger partial charge < -0.3 is 10.6 Å². The van der Waals surface area contributed by atoms with E-state index in [2.05, 4.69) is 27.4 Å². The Bertz CT molecular complexity index is 625. The van der Waals surface area contributed by atoms with Gasteiger partial charge in [0.05, 0.1) is 6.54 Å². The SMILES string of the molecule is CC(=O)Nc1ccc(CNC(=O)CN2CC(N3CCCCC3C)C2)cc1. The zero-order chi connectivity index (χ0) is 18.5. The largest absolute Gasteiger partial charge is 0.351 e. The van der Waals surface area contributed by atoms with E-state index >= 15 is 0 Å². The Morgan fingerprint density at radius 2 is 1.88 bits per heavy atom. The molecule has 2 saturated heterocycles. The number of rotatable bonds is 6. The molecule has 2 fully saturated rings. The number of likely N-dealkylation sites (tertiary alicyclic amines) is 2. The fourth-order valence-electron chi connectivity index (χ4n) is 3.91. The Balaban J connectivity index is 1.35. The van der Waals surface area contributed by atoms with Gasteiger partial charge in [0.15, 0.2) is 0 Å². The fraction of sp³-hybridized carbons (Fsp3) is 0.600. The normalized spacial score (nSPS) is 21.8. The van der Waals surface area contributed by atoms with Crippen molar-refractivity contribution in [2.75, 3.05) is 31.5 Å². The summed E-state index contributed by atoms with van der Waals surface area (Å²) in [6, 6.07) is 8.85. The molecular weight excluding hydrogens is 328 g/mol. The molecule has 2 heterocycles. The molecule has 2 amide bonds. The fourth-order valence-corrected chi connectivity index (χ4v) is 3.91. The molecule has 0 aliphatic carbocycles. The maximum atomic E-state index is 12.2. The highest BCUT2D eigenvalue weighted by Gasteiger charge is 2.35. The minimum Gasteiger partial charge on any atom is -0.351 e. The number of carbonyl (C=O) groups excluding carboxylic acids is 2. The minimum absolute atomic E-state index is 0.0704. The van der Waals surface area contributed by atoms with E-state index in [0.717, 1.165) is 24.3 Å². The molecule has 0 spiro atoms. The smallest absolute Gasteiger partial charge is 0.234 e. The Kier molecular flexibility index (Phi) is 6.27. The van der Waals surface area contributed by atoms with Crippen LogP contribution in [-0.2, 0) is 16.1 Å². The van der Waals surface area contributed by atoms with Gasteiger partial charge in [-0.25, -0.2) is 0 Å². The van der Waals surface area contributed by atoms with Crippen LogP contribution in [0.1, 0.15) is 38.7 Å². The van der Waals surface area contributed by atoms with Gasteiger partial charge in [-0.3, -0.25) is 19.4 Å². The topological polar surface area (TPSA) is 64.7 Å². The molecule has 0 bridgehead atoms. The molecule has 142 valence electrons. The van der Waals surface area contributed by atoms with Gasteiger partial charge in [-0.05, 0) is 44.0 Å². The summed E-state index contributed by atoms with van der Waals surface area (Å²) in [5.41, 5.74) is 1.79. The molecule has 1 unspecified atom stereocenters. The van der Waals surface area contributed by atoms with Crippen LogP contribution in [-0.4, -0.2) is 59.9 Å². The predicted octanol–water partition coefficient (Wildman–Crippen LogP) is 1.82. The van der Waals surface area contributed by atoms with Crippen LogP contribution < -0.4 is 10.6 Å². The van der Waals surface area contributed by atoms with E-state index in [-0.39, 0.29) is 11.8 Å². The van der Waals surface area contributed by atoms with Crippen LogP contribution >= 0.6 is 0 Å². The summed E-state index contributed by atoms with van der Waals surface area (Å²) in [6.45, 7) is 8.02. The zero-order valence-corrected chi connectivity index (χ0v) is 15.8. The van der Waals surface area contributed by atoms with Gasteiger partial charge in [0, 0.05) is 44.3 Å². The van der Waals surface area contributed by atoms with Crippen LogP contribution in [0.3, 0.4) is 0 Å². The molecule has 0 saturated carbocycles. The standard InChI is InChI=1S/C20H30N4O2/c1-15-5-3-4-10-24(15)19-12-23(13-19)14-20(26)21-11-17-6-8-18(9-7-17)22-16(2)25/h6-9,15,19H,3-5,10-14H2,1-2H3,(H,21,26)(H,22,25). The third kappa shape index (κ3) is 5.05. The van der Waals surface area contributed by atoms with E-state index in [9.17, 15) is 9.59 Å². The van der Waals surface area contributed by atoms with Crippen LogP contribution in [0.15, 0.2) is 24.3 Å². The minimum atomic E-state index is -0.0853. The highest BCUT2D eigenvalue weighted by molar-refractivity contribution is 5.88. The van der Waals surface area contributed by atoms with E-state index in [1.54, 1.807) is 0 Å². The summed E-state index contributed by atoms with van der Waals surface area (Å²) >= 11 is 0. The summed E-state index contributed by atoms with van der Waals surface area (Å²) in [5.74, 6) is -0.0149. The number of piperidine rings is 1. The average molecular weight is 358 g/mol. The lowest BCUT2D eigenvalue weighted by atomic mass is 9.97. The van der Waals surface area contributed by atoms with Crippen LogP contribution in [0.25, 0.3) is 0 Å². The van der Waals surface area contributed by atoms with E-state index in [1.807, 2.05) is 24.3 Å². The Hall–Kier alpha value is -1.92. The van der Waals surface area contributed by atoms with Gasteiger partial charge in [0.25, 0.3) is 0 Å². The van der Waals surface area contributed by atoms with E-state index in [0.29, 0.717) is 25.2 Å². The maximum absolute atomic E-state index is 12.2. The van der Waals surface area contributed by atoms with Gasteiger partial charge >= 0.3 is 0 Å². The highest BCUT2D eigenvalue weighted by atomic mass is 16.2. The number of nitrogens with zero attached hydrogens (tertiary/aromatic N) is 2. The summed E-state index contributed by atoms with van der Waals surface area (Å²) in [5, 5.41) is 5.72. The van der Waals surface area contributed by atoms with Crippen molar-refractivity contribution in [3.63, 3.8) is 0 Å². The number of anilines is 1. The molecule has 2 aliphatic rings. The average Bonchev–Trinajstić information content (AvgIpc) is 2.57. The summed E-state index contributed by atoms with van der Waals surface area (Å²) < 4.78 is 0. The maximum Gasteiger partial charge on any atom is 0.234 e. The second kappa shape index (κ2) is 8.64. The van der Waals surface area contributed by atoms with Crippen molar-refractivity contribution in [2.45, 2.75) is 51.7 Å². The lowest BCUT2D eigenvalue weighted by molar-refractivity contribution is -0.124. The van der Waals surface area contributed by atoms with Crippen molar-refractivity contribution in [1.82, 2.24) is 15.1 Å². The Labute approximate surface area is 155 Å². The van der Waals surface area contributed by atoms with Gasteiger partial charge in [-0.2, -0.15) is 0 Å². The van der Waals surface area contributed by atoms with E-state index in [1.165, 1.54) is 32.7 Å². The summed E-state index contributed by atoms with van der Waals surface area (Å²) in [4.78, 5) is 28.0. The highest BCUT2D eigenvalue weighted by Crippen LogP contribution is 2.24. The molecule has 1 aromatic carbocycles. The van der Waals surface area contributed by atoms with Gasteiger partial charge in [0.1, 0.15) is 0 Å². The molecule has 2 aliphatic heterocycles. The summed E-state index contributed by atoms with van der Waals surface area (Å²) in [7, 11) is 0. The van der Waals surface area contributed by atoms with Crippen molar-refractivity contribution in [2.24, 2.45) is 0 Å². The predicted molar refractivity (Wildman–Crippen MR) is 103 cm³/mol. The van der Waals surface area contributed by atoms with Crippen LogP contribution in [0.2, 0.25) is 0 Å². The molecule has 1 atom stereocenters. The molecule has 6 nitrogen and oxygen atoms in total. The van der Waals surface area contributed by atoms with Crippen LogP contribution in [0.5, 0.6) is 0 Å². The van der Waals surface area contributed by atoms with Crippen molar-refractivity contribution >= 4 is 17.5 Å². The second-order valence-corrected chi connectivity index (χ2v) is 7.59. The first-order valence-electron chi connectivity index (χ1n) is 9.62. The molecular formula is C20H30N4O2. The van der Waals surface area contributed by atoms with Crippen molar-refractivity contribution < 1.29 is 9.59 Å². The van der Waals surface area contributed by atoms with Crippen LogP contribution in [0.4, 0.5) is 5.69 Å². The third-order valence-corrected chi connectivity index (χ3v) is 5.39. The van der Waals surface area contributed by atoms with Gasteiger partial charge in [0.2, 0.25) is 11.8 Å². The molecule has 0 radical (unpaired) electrons. The number of amides is 2. The van der Waals surface area contributed by atoms with Crippen LogP contribution in [0, 0.1) is 0 Å². The molecule has 0 aromatic heterocycles. The first kappa shape index (κ1) is 18.9. The van der Waals surface area contributed by atoms with Crippen molar-refractivity contribution in [3.05, 3.63) is 29.8 Å². The second-order valence-electron chi connectivity index (χ2n) is 7.59. The number of carbonyl (C=O) groups is 2. The monoisotopic (exact) mass is 358 g/mol. The number of hydrogen-bond acceptors (Lipinski definition) is 4. The Morgan fingerprint density at radius 3 is 2.54 bits per heavy atom. The third-order valence-electron chi connectivity index (χ3n) is 5.39. The Morgan fingerprint density at radius 1 is 1.15 bits per heavy atom. The first-order chi connectivity index (χ1) is 12.5.